The van der Waals surface area contributed by atoms with Crippen LogP contribution in [0.5, 0.6) is 0 Å². The molecule has 0 saturated heterocycles. The topological polar surface area (TPSA) is 46.5 Å². The first-order valence-corrected chi connectivity index (χ1v) is 6.37. The van der Waals surface area contributed by atoms with Crippen LogP contribution < -0.4 is 0 Å². The molecule has 2 unspecified atom stereocenters. The monoisotopic (exact) mass is 228 g/mol. The molecular formula is C13H24O3. The number of carboxylic acid groups (broad SMARTS) is 1. The van der Waals surface area contributed by atoms with Gasteiger partial charge < -0.3 is 9.84 Å². The van der Waals surface area contributed by atoms with Crippen molar-refractivity contribution in [2.45, 2.75) is 51.9 Å². The largest absolute Gasteiger partial charge is 0.481 e. The number of rotatable bonds is 6. The molecule has 0 aliphatic heterocycles. The van der Waals surface area contributed by atoms with Crippen molar-refractivity contribution in [3.63, 3.8) is 0 Å². The van der Waals surface area contributed by atoms with Gasteiger partial charge in [0.1, 0.15) is 0 Å². The molecule has 1 rings (SSSR count). The second-order valence-electron chi connectivity index (χ2n) is 5.05. The molecule has 2 atom stereocenters. The highest BCUT2D eigenvalue weighted by molar-refractivity contribution is 5.74. The van der Waals surface area contributed by atoms with Gasteiger partial charge in [-0.05, 0) is 31.6 Å². The molecule has 0 aromatic carbocycles. The molecule has 1 aliphatic rings. The van der Waals surface area contributed by atoms with Crippen LogP contribution in [-0.4, -0.2) is 24.8 Å². The van der Waals surface area contributed by atoms with Crippen molar-refractivity contribution in [1.29, 1.82) is 0 Å². The van der Waals surface area contributed by atoms with Crippen molar-refractivity contribution >= 4 is 5.97 Å². The average molecular weight is 228 g/mol. The minimum absolute atomic E-state index is 0.461. The molecule has 16 heavy (non-hydrogen) atoms. The maximum atomic E-state index is 11.5. The molecule has 1 aliphatic carbocycles. The fourth-order valence-electron chi connectivity index (χ4n) is 2.92. The van der Waals surface area contributed by atoms with Crippen LogP contribution >= 0.6 is 0 Å². The summed E-state index contributed by atoms with van der Waals surface area (Å²) in [7, 11) is 1.67. The number of ether oxygens (including phenoxy) is 1. The summed E-state index contributed by atoms with van der Waals surface area (Å²) in [6.45, 7) is 2.84. The van der Waals surface area contributed by atoms with E-state index in [2.05, 4.69) is 6.92 Å². The van der Waals surface area contributed by atoms with Gasteiger partial charge in [0.05, 0.1) is 5.41 Å². The lowest BCUT2D eigenvalue weighted by Gasteiger charge is -2.37. The predicted molar refractivity (Wildman–Crippen MR) is 63.4 cm³/mol. The van der Waals surface area contributed by atoms with E-state index in [9.17, 15) is 9.90 Å². The van der Waals surface area contributed by atoms with E-state index >= 15 is 0 Å². The van der Waals surface area contributed by atoms with Crippen molar-refractivity contribution in [3.8, 4) is 0 Å². The molecule has 94 valence electrons. The maximum absolute atomic E-state index is 11.5. The number of hydrogen-bond acceptors (Lipinski definition) is 2. The molecular weight excluding hydrogens is 204 g/mol. The van der Waals surface area contributed by atoms with Crippen molar-refractivity contribution in [2.75, 3.05) is 13.7 Å². The Labute approximate surface area is 98.2 Å². The number of hydrogen-bond donors (Lipinski definition) is 1. The van der Waals surface area contributed by atoms with Crippen LogP contribution in [0.3, 0.4) is 0 Å². The van der Waals surface area contributed by atoms with Gasteiger partial charge >= 0.3 is 5.97 Å². The SMILES string of the molecule is CCC1CCCC(CCCOC)(C(=O)O)C1. The summed E-state index contributed by atoms with van der Waals surface area (Å²) in [5, 5.41) is 9.46. The number of carboxylic acids is 1. The van der Waals surface area contributed by atoms with Crippen molar-refractivity contribution in [1.82, 2.24) is 0 Å². The van der Waals surface area contributed by atoms with E-state index in [-0.39, 0.29) is 0 Å². The Bertz CT molecular complexity index is 227. The van der Waals surface area contributed by atoms with Gasteiger partial charge in [-0.3, -0.25) is 4.79 Å². The summed E-state index contributed by atoms with van der Waals surface area (Å²) in [6.07, 6.45) is 6.73. The molecule has 1 saturated carbocycles. The molecule has 0 aromatic heterocycles. The van der Waals surface area contributed by atoms with Gasteiger partial charge in [-0.2, -0.15) is 0 Å². The van der Waals surface area contributed by atoms with E-state index in [0.717, 1.165) is 38.5 Å². The molecule has 0 radical (unpaired) electrons. The average Bonchev–Trinajstić information content (AvgIpc) is 2.29. The zero-order chi connectivity index (χ0) is 12.0. The number of methoxy groups -OCH3 is 1. The standard InChI is InChI=1S/C13H24O3/c1-3-11-6-4-7-13(10-11,12(14)15)8-5-9-16-2/h11H,3-10H2,1-2H3,(H,14,15). The summed E-state index contributed by atoms with van der Waals surface area (Å²) >= 11 is 0. The summed E-state index contributed by atoms with van der Waals surface area (Å²) < 4.78 is 5.02. The van der Waals surface area contributed by atoms with Crippen molar-refractivity contribution in [3.05, 3.63) is 0 Å². The lowest BCUT2D eigenvalue weighted by atomic mass is 9.66. The van der Waals surface area contributed by atoms with Crippen LogP contribution in [0.15, 0.2) is 0 Å². The Morgan fingerprint density at radius 2 is 2.31 bits per heavy atom. The van der Waals surface area contributed by atoms with E-state index < -0.39 is 11.4 Å². The lowest BCUT2D eigenvalue weighted by molar-refractivity contribution is -0.153. The first kappa shape index (κ1) is 13.5. The van der Waals surface area contributed by atoms with Gasteiger partial charge in [0, 0.05) is 13.7 Å². The van der Waals surface area contributed by atoms with Crippen molar-refractivity contribution < 1.29 is 14.6 Å². The third kappa shape index (κ3) is 3.21. The zero-order valence-corrected chi connectivity index (χ0v) is 10.5. The molecule has 1 N–H and O–H groups in total. The van der Waals surface area contributed by atoms with Gasteiger partial charge in [-0.1, -0.05) is 26.2 Å². The Kier molecular flexibility index (Phi) is 5.26. The highest BCUT2D eigenvalue weighted by Gasteiger charge is 2.41. The van der Waals surface area contributed by atoms with Gasteiger partial charge in [-0.25, -0.2) is 0 Å². The van der Waals surface area contributed by atoms with Gasteiger partial charge in [0.25, 0.3) is 0 Å². The lowest BCUT2D eigenvalue weighted by Crippen LogP contribution is -2.36. The van der Waals surface area contributed by atoms with Crippen molar-refractivity contribution in [2.24, 2.45) is 11.3 Å². The Balaban J connectivity index is 2.60. The second-order valence-corrected chi connectivity index (χ2v) is 5.05. The van der Waals surface area contributed by atoms with E-state index in [1.807, 2.05) is 0 Å². The predicted octanol–water partition coefficient (Wildman–Crippen LogP) is 3.08. The summed E-state index contributed by atoms with van der Waals surface area (Å²) in [4.78, 5) is 11.5. The molecule has 0 amide bonds. The number of aliphatic carboxylic acids is 1. The summed E-state index contributed by atoms with van der Waals surface area (Å²) in [6, 6.07) is 0. The Morgan fingerprint density at radius 1 is 1.56 bits per heavy atom. The number of carbonyl (C=O) groups is 1. The van der Waals surface area contributed by atoms with Gasteiger partial charge in [0.15, 0.2) is 0 Å². The first-order valence-electron chi connectivity index (χ1n) is 6.37. The smallest absolute Gasteiger partial charge is 0.309 e. The van der Waals surface area contributed by atoms with Gasteiger partial charge in [-0.15, -0.1) is 0 Å². The highest BCUT2D eigenvalue weighted by atomic mass is 16.5. The fourth-order valence-corrected chi connectivity index (χ4v) is 2.92. The molecule has 0 spiro atoms. The highest BCUT2D eigenvalue weighted by Crippen LogP contribution is 2.44. The van der Waals surface area contributed by atoms with Crippen LogP contribution in [-0.2, 0) is 9.53 Å². The van der Waals surface area contributed by atoms with Crippen LogP contribution in [0.25, 0.3) is 0 Å². The fraction of sp³-hybridized carbons (Fsp3) is 0.923. The minimum Gasteiger partial charge on any atom is -0.481 e. The third-order valence-corrected chi connectivity index (χ3v) is 3.98. The minimum atomic E-state index is -0.596. The van der Waals surface area contributed by atoms with Gasteiger partial charge in [0.2, 0.25) is 0 Å². The quantitative estimate of drug-likeness (QED) is 0.711. The molecule has 1 fully saturated rings. The Morgan fingerprint density at radius 3 is 2.88 bits per heavy atom. The summed E-state index contributed by atoms with van der Waals surface area (Å²) in [5.41, 5.74) is -0.461. The zero-order valence-electron chi connectivity index (χ0n) is 10.5. The molecule has 0 heterocycles. The summed E-state index contributed by atoms with van der Waals surface area (Å²) in [5.74, 6) is 0.00847. The van der Waals surface area contributed by atoms with Crippen LogP contribution in [0.2, 0.25) is 0 Å². The van der Waals surface area contributed by atoms with E-state index in [4.69, 9.17) is 4.74 Å². The maximum Gasteiger partial charge on any atom is 0.309 e. The van der Waals surface area contributed by atoms with Crippen LogP contribution in [0.4, 0.5) is 0 Å². The second kappa shape index (κ2) is 6.24. The molecule has 0 aromatic rings. The van der Waals surface area contributed by atoms with Crippen LogP contribution in [0, 0.1) is 11.3 Å². The van der Waals surface area contributed by atoms with Crippen LogP contribution in [0.1, 0.15) is 51.9 Å². The molecule has 3 nitrogen and oxygen atoms in total. The van der Waals surface area contributed by atoms with E-state index in [1.165, 1.54) is 6.42 Å². The normalized spacial score (nSPS) is 30.2. The van der Waals surface area contributed by atoms with E-state index in [1.54, 1.807) is 7.11 Å². The molecule has 0 bridgehead atoms. The van der Waals surface area contributed by atoms with E-state index in [0.29, 0.717) is 12.5 Å². The third-order valence-electron chi connectivity index (χ3n) is 3.98. The first-order chi connectivity index (χ1) is 7.64. The Hall–Kier alpha value is -0.570. The molecule has 3 heteroatoms.